The Kier molecular flexibility index (Phi) is 12.2. The number of fused-ring (bicyclic) bond motifs is 7. The summed E-state index contributed by atoms with van der Waals surface area (Å²) in [4.78, 5) is 60.1. The number of ether oxygens (including phenoxy) is 4. The second-order valence-corrected chi connectivity index (χ2v) is 18.4. The van der Waals surface area contributed by atoms with Crippen molar-refractivity contribution in [2.45, 2.75) is 70.1 Å². The second-order valence-electron chi connectivity index (χ2n) is 18.4. The summed E-state index contributed by atoms with van der Waals surface area (Å²) in [6.45, 7) is 5.92. The molecule has 0 bridgehead atoms. The maximum Gasteiger partial charge on any atom is 0.407 e. The molecule has 5 heterocycles. The molecular weight excluding hydrogens is 865 g/mol. The predicted octanol–water partition coefficient (Wildman–Crippen LogP) is 8.29. The number of nitrogens with one attached hydrogen (secondary N) is 4. The van der Waals surface area contributed by atoms with E-state index in [9.17, 15) is 19.5 Å². The fraction of sp³-hybridized carbons (Fsp3) is 0.365. The average Bonchev–Trinajstić information content (AvgIpc) is 4.19. The zero-order valence-corrected chi connectivity index (χ0v) is 38.7. The van der Waals surface area contributed by atoms with Gasteiger partial charge in [-0.15, -0.1) is 0 Å². The minimum atomic E-state index is -0.951. The largest absolute Gasteiger partial charge is 0.488 e. The Hall–Kier alpha value is -7.01. The first-order valence-electron chi connectivity index (χ1n) is 23.2. The number of imidazole rings is 2. The first-order chi connectivity index (χ1) is 33.0. The fourth-order valence-corrected chi connectivity index (χ4v) is 10.5. The van der Waals surface area contributed by atoms with E-state index < -0.39 is 30.5 Å². The Labute approximate surface area is 393 Å². The van der Waals surface area contributed by atoms with Gasteiger partial charge in [-0.2, -0.15) is 0 Å². The van der Waals surface area contributed by atoms with Gasteiger partial charge in [-0.1, -0.05) is 68.4 Å². The number of alkyl carbamates (subject to hydrolysis) is 2. The van der Waals surface area contributed by atoms with E-state index in [2.05, 4.69) is 69.1 Å². The molecule has 0 radical (unpaired) electrons. The lowest BCUT2D eigenvalue weighted by molar-refractivity contribution is -0.134. The first kappa shape index (κ1) is 44.8. The third-order valence-corrected chi connectivity index (χ3v) is 13.9. The summed E-state index contributed by atoms with van der Waals surface area (Å²) in [5.74, 6) is 2.00. The molecule has 1 unspecified atom stereocenters. The molecule has 0 aliphatic carbocycles. The van der Waals surface area contributed by atoms with Gasteiger partial charge in [-0.3, -0.25) is 9.69 Å². The molecule has 0 spiro atoms. The third-order valence-electron chi connectivity index (χ3n) is 13.9. The third kappa shape index (κ3) is 8.37. The molecule has 2 aromatic heterocycles. The van der Waals surface area contributed by atoms with Gasteiger partial charge in [0.05, 0.1) is 61.0 Å². The maximum absolute atomic E-state index is 14.4. The summed E-state index contributed by atoms with van der Waals surface area (Å²) in [5, 5.41) is 19.0. The van der Waals surface area contributed by atoms with E-state index in [1.807, 2.05) is 61.2 Å². The highest BCUT2D eigenvalue weighted by Crippen LogP contribution is 2.44. The molecule has 7 aromatic rings. The van der Waals surface area contributed by atoms with Crippen molar-refractivity contribution in [3.63, 3.8) is 0 Å². The van der Waals surface area contributed by atoms with Crippen molar-refractivity contribution in [3.05, 3.63) is 114 Å². The number of carbonyl (C=O) groups excluding carboxylic acids is 3. The second kappa shape index (κ2) is 18.6. The molecule has 3 amide bonds. The average molecular weight is 921 g/mol. The van der Waals surface area contributed by atoms with Crippen LogP contribution in [0.2, 0.25) is 0 Å². The Morgan fingerprint density at radius 3 is 2.37 bits per heavy atom. The van der Waals surface area contributed by atoms with Crippen LogP contribution in [0, 0.1) is 11.8 Å². The van der Waals surface area contributed by atoms with Crippen molar-refractivity contribution in [2.75, 3.05) is 41.0 Å². The van der Waals surface area contributed by atoms with Gasteiger partial charge in [0.1, 0.15) is 36.3 Å². The predicted molar refractivity (Wildman–Crippen MR) is 256 cm³/mol. The van der Waals surface area contributed by atoms with Crippen molar-refractivity contribution in [1.29, 1.82) is 0 Å². The Morgan fingerprint density at radius 1 is 0.838 bits per heavy atom. The highest BCUT2D eigenvalue weighted by molar-refractivity contribution is 6.07. The first-order valence-corrected chi connectivity index (χ1v) is 23.2. The molecule has 5 aromatic carbocycles. The quantitative estimate of drug-likeness (QED) is 0.0791. The molecule has 3 aliphatic heterocycles. The van der Waals surface area contributed by atoms with Crippen LogP contribution in [0.3, 0.4) is 0 Å². The molecule has 5 N–H and O–H groups in total. The molecule has 6 atom stereocenters. The van der Waals surface area contributed by atoms with Crippen molar-refractivity contribution < 1.29 is 38.4 Å². The summed E-state index contributed by atoms with van der Waals surface area (Å²) in [6.07, 6.45) is 0.181. The van der Waals surface area contributed by atoms with E-state index in [0.29, 0.717) is 44.1 Å². The zero-order valence-electron chi connectivity index (χ0n) is 38.7. The molecule has 10 rings (SSSR count). The summed E-state index contributed by atoms with van der Waals surface area (Å²) in [5.41, 5.74) is 9.28. The number of benzene rings is 5. The number of hydrogen-bond acceptors (Lipinski definition) is 11. The van der Waals surface area contributed by atoms with Crippen molar-refractivity contribution in [1.82, 2.24) is 40.4 Å². The molecule has 16 heteroatoms. The number of carbonyl (C=O) groups is 3. The van der Waals surface area contributed by atoms with Gasteiger partial charge in [0.15, 0.2) is 0 Å². The number of nitrogens with zero attached hydrogens (tertiary/aromatic N) is 4. The minimum absolute atomic E-state index is 0.0224. The molecular formula is C52H56N8O8. The van der Waals surface area contributed by atoms with Crippen molar-refractivity contribution >= 4 is 50.9 Å². The summed E-state index contributed by atoms with van der Waals surface area (Å²) < 4.78 is 21.8. The van der Waals surface area contributed by atoms with Crippen LogP contribution >= 0.6 is 0 Å². The molecule has 16 nitrogen and oxygen atoms in total. The number of aliphatic hydroxyl groups is 1. The van der Waals surface area contributed by atoms with E-state index in [4.69, 9.17) is 28.9 Å². The number of aliphatic hydroxyl groups excluding tert-OH is 1. The molecule has 2 saturated heterocycles. The SMILES string of the molecule is COC[C@H]1C[C@@H](c2nc3c(ccc4cc5c(cc43)OCc3cc(-c4ccc6nc([C@@H]7CCCN7C(O)[C@@H](NC(=O)OC)C(C)C)[nH]c6c4)ccc3-5)[nH]2)N(C(=O)[C@H](NC(=O)OC)c2ccccc2)C1. The summed E-state index contributed by atoms with van der Waals surface area (Å²) >= 11 is 0. The van der Waals surface area contributed by atoms with E-state index in [1.54, 1.807) is 12.0 Å². The highest BCUT2D eigenvalue weighted by Gasteiger charge is 2.42. The molecule has 68 heavy (non-hydrogen) atoms. The van der Waals surface area contributed by atoms with Gasteiger partial charge in [0, 0.05) is 37.1 Å². The lowest BCUT2D eigenvalue weighted by atomic mass is 9.91. The normalized spacial score (nSPS) is 19.4. The van der Waals surface area contributed by atoms with Gasteiger partial charge < -0.3 is 49.6 Å². The standard InChI is InChI=1S/C52H56N8O8/c1-28(2)44(57-51(63)66-4)49(61)59-19-9-12-41(59)47-53-38-17-14-32(23-40(38)55-47)31-13-16-35-34(21-31)27-68-43-24-36-33(22-37(35)43)15-18-39-46(36)56-48(54-39)42-20-29(26-65-3)25-60(42)50(62)45(58-52(64)67-5)30-10-7-6-8-11-30/h6-8,10-11,13-18,21-24,28-29,41-42,44-45,49,61H,9,12,19-20,25-27H2,1-5H3,(H,53,55)(H,54,56)(H,57,63)(H,58,64)/t29-,41-,42-,44-,45+,49?/m0/s1. The zero-order chi connectivity index (χ0) is 47.2. The summed E-state index contributed by atoms with van der Waals surface area (Å²) in [7, 11) is 4.26. The monoisotopic (exact) mass is 920 g/mol. The van der Waals surface area contributed by atoms with Crippen LogP contribution in [0.25, 0.3) is 55.1 Å². The van der Waals surface area contributed by atoms with Gasteiger partial charge in [0.2, 0.25) is 0 Å². The van der Waals surface area contributed by atoms with E-state index in [-0.39, 0.29) is 29.8 Å². The molecule has 0 saturated carbocycles. The van der Waals surface area contributed by atoms with E-state index >= 15 is 0 Å². The molecule has 2 fully saturated rings. The highest BCUT2D eigenvalue weighted by atomic mass is 16.5. The van der Waals surface area contributed by atoms with Crippen LogP contribution in [0.5, 0.6) is 5.75 Å². The number of H-pyrrole nitrogens is 2. The number of aromatic amines is 2. The minimum Gasteiger partial charge on any atom is -0.488 e. The fourth-order valence-electron chi connectivity index (χ4n) is 10.5. The summed E-state index contributed by atoms with van der Waals surface area (Å²) in [6, 6.07) is 28.3. The number of likely N-dealkylation sites (tertiary alicyclic amines) is 2. The van der Waals surface area contributed by atoms with Crippen LogP contribution in [-0.4, -0.2) is 106 Å². The Balaban J connectivity index is 0.911. The van der Waals surface area contributed by atoms with Crippen molar-refractivity contribution in [3.8, 4) is 28.0 Å². The van der Waals surface area contributed by atoms with Gasteiger partial charge in [0.25, 0.3) is 5.91 Å². The topological polar surface area (TPSA) is 196 Å². The maximum atomic E-state index is 14.4. The van der Waals surface area contributed by atoms with Crippen LogP contribution < -0.4 is 15.4 Å². The number of methoxy groups -OCH3 is 3. The Bertz CT molecular complexity index is 3020. The molecule has 352 valence electrons. The smallest absolute Gasteiger partial charge is 0.407 e. The number of rotatable bonds is 12. The van der Waals surface area contributed by atoms with Crippen LogP contribution in [0.1, 0.15) is 74.0 Å². The van der Waals surface area contributed by atoms with E-state index in [0.717, 1.165) is 85.1 Å². The van der Waals surface area contributed by atoms with Gasteiger partial charge in [-0.05, 0) is 94.8 Å². The van der Waals surface area contributed by atoms with Crippen LogP contribution in [0.4, 0.5) is 9.59 Å². The lowest BCUT2D eigenvalue weighted by Gasteiger charge is -2.35. The lowest BCUT2D eigenvalue weighted by Crippen LogP contribution is -2.54. The van der Waals surface area contributed by atoms with Crippen LogP contribution in [-0.2, 0) is 25.6 Å². The van der Waals surface area contributed by atoms with Gasteiger partial charge >= 0.3 is 12.2 Å². The number of hydrogen-bond donors (Lipinski definition) is 5. The molecule has 3 aliphatic rings. The Morgan fingerprint density at radius 2 is 1.59 bits per heavy atom. The van der Waals surface area contributed by atoms with E-state index in [1.165, 1.54) is 14.2 Å². The number of amides is 3. The number of aromatic nitrogens is 4. The van der Waals surface area contributed by atoms with Crippen molar-refractivity contribution in [2.24, 2.45) is 11.8 Å². The van der Waals surface area contributed by atoms with Gasteiger partial charge in [-0.25, -0.2) is 19.6 Å². The van der Waals surface area contributed by atoms with Crippen LogP contribution in [0.15, 0.2) is 91.0 Å².